The Hall–Kier alpha value is -3.29. The molecule has 0 saturated carbocycles. The maximum atomic E-state index is 13.1. The van der Waals surface area contributed by atoms with Crippen LogP contribution >= 0.6 is 0 Å². The quantitative estimate of drug-likeness (QED) is 0.643. The van der Waals surface area contributed by atoms with Crippen molar-refractivity contribution in [1.29, 1.82) is 0 Å². The van der Waals surface area contributed by atoms with Crippen LogP contribution in [0.15, 0.2) is 42.5 Å². The molecule has 0 aliphatic rings. The molecule has 8 heteroatoms. The molecule has 2 rings (SSSR count). The van der Waals surface area contributed by atoms with Crippen molar-refractivity contribution in [2.24, 2.45) is 0 Å². The van der Waals surface area contributed by atoms with Gasteiger partial charge in [0.15, 0.2) is 11.6 Å². The minimum Gasteiger partial charge on any atom is -0.465 e. The van der Waals surface area contributed by atoms with E-state index in [9.17, 15) is 23.2 Å². The fourth-order valence-electron chi connectivity index (χ4n) is 1.94. The van der Waals surface area contributed by atoms with Gasteiger partial charge in [-0.05, 0) is 36.4 Å². The number of methoxy groups -OCH3 is 1. The van der Waals surface area contributed by atoms with Crippen LogP contribution in [0.5, 0.6) is 0 Å². The second kappa shape index (κ2) is 8.00. The van der Waals surface area contributed by atoms with Crippen molar-refractivity contribution < 1.29 is 27.9 Å². The Bertz CT molecular complexity index is 807. The normalized spacial score (nSPS) is 10.0. The number of rotatable bonds is 5. The van der Waals surface area contributed by atoms with E-state index in [1.807, 2.05) is 0 Å². The topological polar surface area (TPSA) is 84.5 Å². The third-order valence-corrected chi connectivity index (χ3v) is 3.11. The zero-order valence-electron chi connectivity index (χ0n) is 13.1. The Morgan fingerprint density at radius 2 is 1.44 bits per heavy atom. The number of anilines is 2. The first-order valence-electron chi connectivity index (χ1n) is 7.12. The number of benzene rings is 2. The van der Waals surface area contributed by atoms with Gasteiger partial charge in [0, 0.05) is 17.4 Å². The SMILES string of the molecule is COC(=O)c1ccc(NC(=O)CC(=O)Nc2ccc(F)c(F)c2)cc1. The molecule has 0 fully saturated rings. The van der Waals surface area contributed by atoms with Gasteiger partial charge in [-0.2, -0.15) is 0 Å². The fourth-order valence-corrected chi connectivity index (χ4v) is 1.94. The molecule has 2 N–H and O–H groups in total. The minimum atomic E-state index is -1.10. The molecule has 0 heterocycles. The van der Waals surface area contributed by atoms with Gasteiger partial charge in [0.05, 0.1) is 12.7 Å². The second-order valence-corrected chi connectivity index (χ2v) is 4.97. The van der Waals surface area contributed by atoms with E-state index < -0.39 is 35.8 Å². The third-order valence-electron chi connectivity index (χ3n) is 3.11. The molecule has 2 aromatic carbocycles. The summed E-state index contributed by atoms with van der Waals surface area (Å²) in [5.74, 6) is -3.94. The van der Waals surface area contributed by atoms with Crippen molar-refractivity contribution in [1.82, 2.24) is 0 Å². The lowest BCUT2D eigenvalue weighted by atomic mass is 10.2. The van der Waals surface area contributed by atoms with E-state index in [4.69, 9.17) is 0 Å². The summed E-state index contributed by atoms with van der Waals surface area (Å²) >= 11 is 0. The van der Waals surface area contributed by atoms with Gasteiger partial charge < -0.3 is 15.4 Å². The first-order chi connectivity index (χ1) is 11.9. The lowest BCUT2D eigenvalue weighted by Crippen LogP contribution is -2.21. The van der Waals surface area contributed by atoms with E-state index in [0.29, 0.717) is 11.3 Å². The number of carbonyl (C=O) groups is 3. The summed E-state index contributed by atoms with van der Waals surface area (Å²) < 4.78 is 30.4. The van der Waals surface area contributed by atoms with Gasteiger partial charge in [0.2, 0.25) is 11.8 Å². The van der Waals surface area contributed by atoms with E-state index in [0.717, 1.165) is 12.1 Å². The molecule has 0 radical (unpaired) electrons. The van der Waals surface area contributed by atoms with Crippen LogP contribution in [0, 0.1) is 11.6 Å². The van der Waals surface area contributed by atoms with E-state index in [-0.39, 0.29) is 5.69 Å². The zero-order chi connectivity index (χ0) is 18.4. The van der Waals surface area contributed by atoms with Gasteiger partial charge in [-0.1, -0.05) is 0 Å². The average Bonchev–Trinajstić information content (AvgIpc) is 2.58. The van der Waals surface area contributed by atoms with E-state index in [1.54, 1.807) is 0 Å². The summed E-state index contributed by atoms with van der Waals surface area (Å²) in [6, 6.07) is 8.75. The maximum Gasteiger partial charge on any atom is 0.337 e. The van der Waals surface area contributed by atoms with Crippen molar-refractivity contribution in [2.75, 3.05) is 17.7 Å². The molecule has 0 bridgehead atoms. The number of halogens is 2. The highest BCUT2D eigenvalue weighted by Gasteiger charge is 2.12. The summed E-state index contributed by atoms with van der Waals surface area (Å²) in [4.78, 5) is 34.9. The van der Waals surface area contributed by atoms with Gasteiger partial charge in [-0.3, -0.25) is 9.59 Å². The van der Waals surface area contributed by atoms with Gasteiger partial charge in [0.1, 0.15) is 6.42 Å². The van der Waals surface area contributed by atoms with Gasteiger partial charge in [-0.25, -0.2) is 13.6 Å². The molecule has 130 valence electrons. The van der Waals surface area contributed by atoms with E-state index in [2.05, 4.69) is 15.4 Å². The van der Waals surface area contributed by atoms with Crippen LogP contribution in [0.4, 0.5) is 20.2 Å². The minimum absolute atomic E-state index is 0.0409. The summed E-state index contributed by atoms with van der Waals surface area (Å²) in [5, 5.41) is 4.77. The van der Waals surface area contributed by atoms with Crippen LogP contribution in [-0.4, -0.2) is 24.9 Å². The summed E-state index contributed by atoms with van der Waals surface area (Å²) in [6.45, 7) is 0. The number of nitrogens with one attached hydrogen (secondary N) is 2. The predicted octanol–water partition coefficient (Wildman–Crippen LogP) is 2.72. The van der Waals surface area contributed by atoms with Crippen LogP contribution in [0.3, 0.4) is 0 Å². The molecule has 0 aromatic heterocycles. The highest BCUT2D eigenvalue weighted by molar-refractivity contribution is 6.08. The number of ether oxygens (including phenoxy) is 1. The lowest BCUT2D eigenvalue weighted by Gasteiger charge is -2.07. The fraction of sp³-hybridized carbons (Fsp3) is 0.118. The summed E-state index contributed by atoms with van der Waals surface area (Å²) in [5.41, 5.74) is 0.744. The Kier molecular flexibility index (Phi) is 5.78. The van der Waals surface area contributed by atoms with E-state index in [1.165, 1.54) is 37.4 Å². The number of esters is 1. The predicted molar refractivity (Wildman–Crippen MR) is 86.0 cm³/mol. The molecule has 6 nitrogen and oxygen atoms in total. The van der Waals surface area contributed by atoms with Gasteiger partial charge in [-0.15, -0.1) is 0 Å². The number of carbonyl (C=O) groups excluding carboxylic acids is 3. The molecule has 0 atom stereocenters. The lowest BCUT2D eigenvalue weighted by molar-refractivity contribution is -0.123. The standard InChI is InChI=1S/C17H14F2N2O4/c1-25-17(24)10-2-4-11(5-3-10)20-15(22)9-16(23)21-12-6-7-13(18)14(19)8-12/h2-8H,9H2,1H3,(H,20,22)(H,21,23). The first-order valence-corrected chi connectivity index (χ1v) is 7.12. The summed E-state index contributed by atoms with van der Waals surface area (Å²) in [6.07, 6.45) is -0.516. The molecule has 2 aromatic rings. The monoisotopic (exact) mass is 348 g/mol. The van der Waals surface area contributed by atoms with Crippen molar-refractivity contribution in [2.45, 2.75) is 6.42 Å². The Labute approximate surface area is 141 Å². The van der Waals surface area contributed by atoms with Crippen molar-refractivity contribution >= 4 is 29.2 Å². The number of hydrogen-bond acceptors (Lipinski definition) is 4. The first kappa shape index (κ1) is 18.1. The van der Waals surface area contributed by atoms with Crippen LogP contribution < -0.4 is 10.6 Å². The second-order valence-electron chi connectivity index (χ2n) is 4.97. The van der Waals surface area contributed by atoms with Crippen LogP contribution in [0.1, 0.15) is 16.8 Å². The van der Waals surface area contributed by atoms with Crippen molar-refractivity contribution in [3.8, 4) is 0 Å². The number of amides is 2. The maximum absolute atomic E-state index is 13.1. The van der Waals surface area contributed by atoms with Crippen molar-refractivity contribution in [3.05, 3.63) is 59.7 Å². The Morgan fingerprint density at radius 1 is 0.880 bits per heavy atom. The van der Waals surface area contributed by atoms with Crippen LogP contribution in [0.2, 0.25) is 0 Å². The summed E-state index contributed by atoms with van der Waals surface area (Å²) in [7, 11) is 1.25. The highest BCUT2D eigenvalue weighted by atomic mass is 19.2. The third kappa shape index (κ3) is 5.10. The van der Waals surface area contributed by atoms with Gasteiger partial charge >= 0.3 is 5.97 Å². The molecular weight excluding hydrogens is 334 g/mol. The van der Waals surface area contributed by atoms with Crippen LogP contribution in [-0.2, 0) is 14.3 Å². The Morgan fingerprint density at radius 3 is 2.00 bits per heavy atom. The zero-order valence-corrected chi connectivity index (χ0v) is 13.1. The molecular formula is C17H14F2N2O4. The number of hydrogen-bond donors (Lipinski definition) is 2. The molecule has 25 heavy (non-hydrogen) atoms. The molecule has 0 aliphatic heterocycles. The van der Waals surface area contributed by atoms with Gasteiger partial charge in [0.25, 0.3) is 0 Å². The smallest absolute Gasteiger partial charge is 0.337 e. The molecule has 0 aliphatic carbocycles. The van der Waals surface area contributed by atoms with Crippen molar-refractivity contribution in [3.63, 3.8) is 0 Å². The highest BCUT2D eigenvalue weighted by Crippen LogP contribution is 2.14. The molecule has 0 unspecified atom stereocenters. The average molecular weight is 348 g/mol. The van der Waals surface area contributed by atoms with E-state index >= 15 is 0 Å². The molecule has 0 saturated heterocycles. The largest absolute Gasteiger partial charge is 0.465 e. The molecule has 2 amide bonds. The molecule has 0 spiro atoms. The van der Waals surface area contributed by atoms with Crippen LogP contribution in [0.25, 0.3) is 0 Å². The Balaban J connectivity index is 1.89.